The van der Waals surface area contributed by atoms with Crippen LogP contribution in [0.2, 0.25) is 0 Å². The molecule has 3 aliphatic carbocycles. The van der Waals surface area contributed by atoms with Crippen molar-refractivity contribution in [2.45, 2.75) is 125 Å². The lowest BCUT2D eigenvalue weighted by Gasteiger charge is -2.37. The van der Waals surface area contributed by atoms with E-state index in [2.05, 4.69) is 304 Å². The van der Waals surface area contributed by atoms with Gasteiger partial charge in [-0.2, -0.15) is 0 Å². The van der Waals surface area contributed by atoms with Crippen LogP contribution in [0.1, 0.15) is 134 Å². The molecule has 452 valence electrons. The molecular formula is C90H82N2. The molecule has 0 amide bonds. The van der Waals surface area contributed by atoms with Gasteiger partial charge in [-0.05, 0) is 239 Å². The molecule has 0 saturated heterocycles. The van der Waals surface area contributed by atoms with E-state index in [0.29, 0.717) is 5.92 Å². The molecule has 0 fully saturated rings. The molecule has 0 aromatic heterocycles. The number of fused-ring (bicyclic) bond motifs is 8. The maximum absolute atomic E-state index is 2.73. The predicted octanol–water partition coefficient (Wildman–Crippen LogP) is 25.6. The summed E-state index contributed by atoms with van der Waals surface area (Å²) in [6.07, 6.45) is 9.65. The number of nitrogens with zero attached hydrogens (tertiary/aromatic N) is 2. The first kappa shape index (κ1) is 57.6. The van der Waals surface area contributed by atoms with Crippen molar-refractivity contribution in [1.29, 1.82) is 0 Å². The molecule has 0 N–H and O–H groups in total. The van der Waals surface area contributed by atoms with Crippen molar-refractivity contribution in [3.05, 3.63) is 280 Å². The fraction of sp³-hybridized carbons (Fsp3) is 0.222. The van der Waals surface area contributed by atoms with Crippen molar-refractivity contribution >= 4 is 82.3 Å². The van der Waals surface area contributed by atoms with Gasteiger partial charge in [-0.25, -0.2) is 0 Å². The van der Waals surface area contributed by atoms with E-state index >= 15 is 0 Å². The molecule has 13 aromatic rings. The smallest absolute Gasteiger partial charge is 0.0546 e. The van der Waals surface area contributed by atoms with Gasteiger partial charge < -0.3 is 9.80 Å². The van der Waals surface area contributed by atoms with Gasteiger partial charge >= 0.3 is 0 Å². The quantitative estimate of drug-likeness (QED) is 0.100. The third kappa shape index (κ3) is 8.80. The number of hydrogen-bond acceptors (Lipinski definition) is 2. The van der Waals surface area contributed by atoms with Crippen molar-refractivity contribution in [3.8, 4) is 44.5 Å². The molecule has 13 aromatic carbocycles. The number of benzene rings is 13. The summed E-state index contributed by atoms with van der Waals surface area (Å²) in [6.45, 7) is 23.9. The Morgan fingerprint density at radius 2 is 0.815 bits per heavy atom. The van der Waals surface area contributed by atoms with E-state index in [1.807, 2.05) is 0 Å². The largest absolute Gasteiger partial charge is 0.314 e. The standard InChI is InChI=1S/C90H82N2/c1-11-55-47-67(48-56(12-2)69(55)15-5)91(65-37-39-73-71-29-21-23-31-81(71)89(7,8)83(73)51-65)85-53-79(63-35-33-59-25-17-19-27-61(59)45-63)75-42-44-78-86(54-80(76-41-43-77(85)87(75)88(76)78)64-36-34-60-26-18-20-28-62(60)46-64)92(68-49-57(13-3)70(16-6)58(14-4)50-68)66-38-40-74-72-30-22-24-32-82(72)90(9,10)84(74)52-66/h17-49,51-54,58H,11-16,50H2,1-10H3. The van der Waals surface area contributed by atoms with E-state index in [0.717, 1.165) is 44.9 Å². The molecule has 2 heteroatoms. The second-order valence-corrected chi connectivity index (χ2v) is 27.6. The molecule has 16 rings (SSSR count). The summed E-state index contributed by atoms with van der Waals surface area (Å²) in [5, 5.41) is 12.5. The minimum Gasteiger partial charge on any atom is -0.314 e. The summed E-state index contributed by atoms with van der Waals surface area (Å²) < 4.78 is 0. The Balaban J connectivity index is 1.06. The first-order chi connectivity index (χ1) is 44.8. The molecule has 0 spiro atoms. The van der Waals surface area contributed by atoms with Crippen LogP contribution in [0.3, 0.4) is 0 Å². The lowest BCUT2D eigenvalue weighted by atomic mass is 9.80. The monoisotopic (exact) mass is 1190 g/mol. The molecule has 0 bridgehead atoms. The fourth-order valence-corrected chi connectivity index (χ4v) is 17.4. The van der Waals surface area contributed by atoms with Gasteiger partial charge in [0.1, 0.15) is 0 Å². The maximum atomic E-state index is 2.73. The van der Waals surface area contributed by atoms with Gasteiger partial charge in [-0.1, -0.05) is 233 Å². The predicted molar refractivity (Wildman–Crippen MR) is 397 cm³/mol. The molecule has 3 aliphatic rings. The zero-order chi connectivity index (χ0) is 62.9. The molecule has 0 radical (unpaired) electrons. The number of anilines is 5. The van der Waals surface area contributed by atoms with Crippen molar-refractivity contribution < 1.29 is 0 Å². The van der Waals surface area contributed by atoms with Crippen LogP contribution in [0.25, 0.3) is 98.4 Å². The van der Waals surface area contributed by atoms with E-state index in [4.69, 9.17) is 0 Å². The van der Waals surface area contributed by atoms with Crippen LogP contribution in [-0.2, 0) is 30.1 Å². The highest BCUT2D eigenvalue weighted by molar-refractivity contribution is 6.32. The van der Waals surface area contributed by atoms with Crippen molar-refractivity contribution in [3.63, 3.8) is 0 Å². The van der Waals surface area contributed by atoms with Gasteiger partial charge in [0.15, 0.2) is 0 Å². The molecule has 0 heterocycles. The summed E-state index contributed by atoms with van der Waals surface area (Å²) in [7, 11) is 0. The summed E-state index contributed by atoms with van der Waals surface area (Å²) in [4.78, 5) is 5.40. The first-order valence-corrected chi connectivity index (χ1v) is 34.3. The summed E-state index contributed by atoms with van der Waals surface area (Å²) in [6, 6.07) is 85.3. The number of hydrogen-bond donors (Lipinski definition) is 0. The van der Waals surface area contributed by atoms with Crippen molar-refractivity contribution in [2.75, 3.05) is 9.80 Å². The van der Waals surface area contributed by atoms with Crippen LogP contribution < -0.4 is 9.80 Å². The van der Waals surface area contributed by atoms with Crippen LogP contribution in [0, 0.1) is 5.92 Å². The topological polar surface area (TPSA) is 6.48 Å². The molecule has 0 saturated carbocycles. The molecule has 2 nitrogen and oxygen atoms in total. The highest BCUT2D eigenvalue weighted by Gasteiger charge is 2.39. The Morgan fingerprint density at radius 1 is 0.359 bits per heavy atom. The number of rotatable bonds is 14. The molecule has 1 atom stereocenters. The lowest BCUT2D eigenvalue weighted by Crippen LogP contribution is -2.24. The van der Waals surface area contributed by atoms with Gasteiger partial charge in [0, 0.05) is 55.1 Å². The van der Waals surface area contributed by atoms with Crippen LogP contribution in [0.4, 0.5) is 28.4 Å². The van der Waals surface area contributed by atoms with E-state index in [1.54, 1.807) is 5.57 Å². The second kappa shape index (κ2) is 22.1. The second-order valence-electron chi connectivity index (χ2n) is 27.6. The fourth-order valence-electron chi connectivity index (χ4n) is 17.4. The number of aryl methyl sites for hydroxylation is 2. The van der Waals surface area contributed by atoms with E-state index < -0.39 is 0 Å². The molecule has 92 heavy (non-hydrogen) atoms. The lowest BCUT2D eigenvalue weighted by molar-refractivity contribution is 0.547. The van der Waals surface area contributed by atoms with E-state index in [-0.39, 0.29) is 10.8 Å². The van der Waals surface area contributed by atoms with Gasteiger partial charge in [0.05, 0.1) is 11.4 Å². The SMILES string of the molecule is CCC1=C(CC)C(CC)CC(N(c2ccc3c(c2)C(C)(C)c2ccccc2-3)c2cc(-c3ccc4ccccc4c3)c3ccc4c(N(c5cc(CC)c(CC)c(CC)c5)c5ccc6c(c5)C(C)(C)c5ccccc5-6)cc(-c5ccc6ccccc6c5)c5ccc2c3c54)=C1. The molecule has 1 unspecified atom stereocenters. The van der Waals surface area contributed by atoms with E-state index in [1.165, 1.54) is 177 Å². The Morgan fingerprint density at radius 3 is 1.29 bits per heavy atom. The minimum absolute atomic E-state index is 0.185. The summed E-state index contributed by atoms with van der Waals surface area (Å²) >= 11 is 0. The summed E-state index contributed by atoms with van der Waals surface area (Å²) in [5.74, 6) is 0.442. The highest BCUT2D eigenvalue weighted by Crippen LogP contribution is 2.57. The third-order valence-electron chi connectivity index (χ3n) is 22.1. The average Bonchev–Trinajstić information content (AvgIpc) is 0.808. The maximum Gasteiger partial charge on any atom is 0.0546 e. The Labute approximate surface area is 544 Å². The average molecular weight is 1190 g/mol. The van der Waals surface area contributed by atoms with Gasteiger partial charge in [-0.3, -0.25) is 0 Å². The van der Waals surface area contributed by atoms with Gasteiger partial charge in [-0.15, -0.1) is 0 Å². The Kier molecular flexibility index (Phi) is 13.9. The molecule has 0 aliphatic heterocycles. The normalized spacial score (nSPS) is 15.4. The van der Waals surface area contributed by atoms with Crippen LogP contribution in [-0.4, -0.2) is 0 Å². The van der Waals surface area contributed by atoms with Gasteiger partial charge in [0.2, 0.25) is 0 Å². The zero-order valence-electron chi connectivity index (χ0n) is 55.3. The minimum atomic E-state index is -0.196. The Hall–Kier alpha value is -9.50. The highest BCUT2D eigenvalue weighted by atomic mass is 15.2. The zero-order valence-corrected chi connectivity index (χ0v) is 55.3. The van der Waals surface area contributed by atoms with Crippen LogP contribution >= 0.6 is 0 Å². The van der Waals surface area contributed by atoms with Crippen molar-refractivity contribution in [1.82, 2.24) is 0 Å². The van der Waals surface area contributed by atoms with Crippen molar-refractivity contribution in [2.24, 2.45) is 5.92 Å². The molecular weight excluding hydrogens is 1110 g/mol. The third-order valence-corrected chi connectivity index (χ3v) is 22.1. The Bertz CT molecular complexity index is 5210. The van der Waals surface area contributed by atoms with E-state index in [9.17, 15) is 0 Å². The number of allylic oxidation sites excluding steroid dienone is 4. The first-order valence-electron chi connectivity index (χ1n) is 34.3. The van der Waals surface area contributed by atoms with Gasteiger partial charge in [0.25, 0.3) is 0 Å². The van der Waals surface area contributed by atoms with Crippen LogP contribution in [0.15, 0.2) is 241 Å². The summed E-state index contributed by atoms with van der Waals surface area (Å²) in [5.41, 5.74) is 30.1. The van der Waals surface area contributed by atoms with Crippen LogP contribution in [0.5, 0.6) is 0 Å².